The van der Waals surface area contributed by atoms with Crippen molar-refractivity contribution in [1.82, 2.24) is 4.98 Å². The third-order valence-corrected chi connectivity index (χ3v) is 7.31. The standard InChI is InChI=1S/C24H21F2N5O2S2/c1-13-4-9-20(15(3)10-13)31-35(32,33)17-7-5-14(2)21(12-17)29-30-23-22(28-24(27)34-23)18-11-16(25)6-8-19(18)26/h4-12,31H,1-3H3,(H2,27,28). The van der Waals surface area contributed by atoms with Crippen molar-refractivity contribution in [1.29, 1.82) is 0 Å². The monoisotopic (exact) mass is 513 g/mol. The van der Waals surface area contributed by atoms with Crippen molar-refractivity contribution in [2.75, 3.05) is 10.5 Å². The molecular weight excluding hydrogens is 492 g/mol. The van der Waals surface area contributed by atoms with Gasteiger partial charge in [0.2, 0.25) is 0 Å². The van der Waals surface area contributed by atoms with Crippen molar-refractivity contribution < 1.29 is 17.2 Å². The number of sulfonamides is 1. The lowest BCUT2D eigenvalue weighted by Gasteiger charge is -2.12. The van der Waals surface area contributed by atoms with E-state index in [0.29, 0.717) is 11.3 Å². The fraction of sp³-hybridized carbons (Fsp3) is 0.125. The molecule has 1 aromatic heterocycles. The number of nitrogens with zero attached hydrogens (tertiary/aromatic N) is 3. The average molecular weight is 514 g/mol. The van der Waals surface area contributed by atoms with Crippen LogP contribution in [0.5, 0.6) is 0 Å². The summed E-state index contributed by atoms with van der Waals surface area (Å²) in [6.07, 6.45) is 0. The Balaban J connectivity index is 1.68. The lowest BCUT2D eigenvalue weighted by atomic mass is 10.1. The van der Waals surface area contributed by atoms with Gasteiger partial charge in [0.05, 0.1) is 16.3 Å². The molecule has 0 radical (unpaired) electrons. The fourth-order valence-electron chi connectivity index (χ4n) is 3.35. The molecular formula is C24H21F2N5O2S2. The van der Waals surface area contributed by atoms with Gasteiger partial charge < -0.3 is 5.73 Å². The highest BCUT2D eigenvalue weighted by atomic mass is 32.2. The summed E-state index contributed by atoms with van der Waals surface area (Å²) in [5.74, 6) is -1.32. The van der Waals surface area contributed by atoms with Crippen molar-refractivity contribution in [2.45, 2.75) is 25.7 Å². The van der Waals surface area contributed by atoms with Gasteiger partial charge in [-0.25, -0.2) is 22.2 Å². The number of benzene rings is 3. The summed E-state index contributed by atoms with van der Waals surface area (Å²) in [5.41, 5.74) is 8.96. The van der Waals surface area contributed by atoms with E-state index < -0.39 is 21.7 Å². The van der Waals surface area contributed by atoms with Crippen LogP contribution in [0, 0.1) is 32.4 Å². The zero-order valence-corrected chi connectivity index (χ0v) is 20.6. The number of azo groups is 1. The summed E-state index contributed by atoms with van der Waals surface area (Å²) < 4.78 is 56.6. The summed E-state index contributed by atoms with van der Waals surface area (Å²) >= 11 is 0.950. The quantitative estimate of drug-likeness (QED) is 0.276. The Morgan fingerprint density at radius 2 is 1.71 bits per heavy atom. The van der Waals surface area contributed by atoms with Crippen molar-refractivity contribution in [3.63, 3.8) is 0 Å². The molecule has 0 saturated heterocycles. The Morgan fingerprint density at radius 3 is 2.46 bits per heavy atom. The van der Waals surface area contributed by atoms with E-state index in [1.165, 1.54) is 12.1 Å². The number of nitrogens with two attached hydrogens (primary N) is 1. The molecule has 0 aliphatic carbocycles. The molecule has 0 aliphatic heterocycles. The normalized spacial score (nSPS) is 11.8. The van der Waals surface area contributed by atoms with E-state index in [0.717, 1.165) is 40.7 Å². The second-order valence-electron chi connectivity index (χ2n) is 7.90. The molecule has 0 fully saturated rings. The minimum atomic E-state index is -3.90. The van der Waals surface area contributed by atoms with Gasteiger partial charge in [-0.3, -0.25) is 4.72 Å². The van der Waals surface area contributed by atoms with Gasteiger partial charge in [-0.15, -0.1) is 10.2 Å². The van der Waals surface area contributed by atoms with Gasteiger partial charge in [0, 0.05) is 5.56 Å². The van der Waals surface area contributed by atoms with Crippen LogP contribution in [-0.2, 0) is 10.0 Å². The topological polar surface area (TPSA) is 110 Å². The van der Waals surface area contributed by atoms with Gasteiger partial charge in [0.1, 0.15) is 17.3 Å². The van der Waals surface area contributed by atoms with E-state index in [9.17, 15) is 17.2 Å². The van der Waals surface area contributed by atoms with Gasteiger partial charge >= 0.3 is 0 Å². The lowest BCUT2D eigenvalue weighted by molar-refractivity contribution is 0.601. The first kappa shape index (κ1) is 24.4. The Hall–Kier alpha value is -3.70. The number of nitrogens with one attached hydrogen (secondary N) is 1. The summed E-state index contributed by atoms with van der Waals surface area (Å²) in [7, 11) is -3.90. The second kappa shape index (κ2) is 9.51. The summed E-state index contributed by atoms with van der Waals surface area (Å²) in [4.78, 5) is 4.06. The van der Waals surface area contributed by atoms with Crippen LogP contribution in [-0.4, -0.2) is 13.4 Å². The van der Waals surface area contributed by atoms with E-state index >= 15 is 0 Å². The number of thiazole rings is 1. The number of anilines is 2. The van der Waals surface area contributed by atoms with Crippen LogP contribution in [0.3, 0.4) is 0 Å². The van der Waals surface area contributed by atoms with Crippen LogP contribution in [0.15, 0.2) is 69.7 Å². The number of aryl methyl sites for hydroxylation is 3. The van der Waals surface area contributed by atoms with Crippen LogP contribution < -0.4 is 10.5 Å². The molecule has 0 saturated carbocycles. The predicted molar refractivity (Wildman–Crippen MR) is 134 cm³/mol. The number of aromatic nitrogens is 1. The summed E-state index contributed by atoms with van der Waals surface area (Å²) in [6.45, 7) is 5.49. The molecule has 180 valence electrons. The maximum absolute atomic E-state index is 14.3. The number of hydrogen-bond donors (Lipinski definition) is 2. The minimum Gasteiger partial charge on any atom is -0.375 e. The maximum Gasteiger partial charge on any atom is 0.261 e. The summed E-state index contributed by atoms with van der Waals surface area (Å²) in [5, 5.41) is 8.56. The second-order valence-corrected chi connectivity index (χ2v) is 10.6. The summed E-state index contributed by atoms with van der Waals surface area (Å²) in [6, 6.07) is 12.9. The molecule has 3 aromatic carbocycles. The molecule has 0 spiro atoms. The highest BCUT2D eigenvalue weighted by Crippen LogP contribution is 2.39. The third kappa shape index (κ3) is 5.36. The van der Waals surface area contributed by atoms with Crippen LogP contribution >= 0.6 is 11.3 Å². The molecule has 0 atom stereocenters. The molecule has 7 nitrogen and oxygen atoms in total. The highest BCUT2D eigenvalue weighted by molar-refractivity contribution is 7.92. The molecule has 3 N–H and O–H groups in total. The fourth-order valence-corrected chi connectivity index (χ4v) is 5.16. The van der Waals surface area contributed by atoms with E-state index in [1.807, 2.05) is 26.0 Å². The van der Waals surface area contributed by atoms with Crippen LogP contribution in [0.25, 0.3) is 11.3 Å². The Morgan fingerprint density at radius 1 is 0.943 bits per heavy atom. The van der Waals surface area contributed by atoms with E-state index in [-0.39, 0.29) is 32.0 Å². The Labute approximate surface area is 205 Å². The Bertz CT molecular complexity index is 1570. The van der Waals surface area contributed by atoms with E-state index in [2.05, 4.69) is 19.9 Å². The Kier molecular flexibility index (Phi) is 6.64. The number of hydrogen-bond acceptors (Lipinski definition) is 7. The van der Waals surface area contributed by atoms with Crippen molar-refractivity contribution in [2.24, 2.45) is 10.2 Å². The highest BCUT2D eigenvalue weighted by Gasteiger charge is 2.19. The van der Waals surface area contributed by atoms with Gasteiger partial charge in [-0.1, -0.05) is 35.1 Å². The smallest absolute Gasteiger partial charge is 0.261 e. The first-order chi connectivity index (χ1) is 16.5. The van der Waals surface area contributed by atoms with Gasteiger partial charge in [-0.05, 0) is 68.3 Å². The maximum atomic E-state index is 14.3. The number of rotatable bonds is 6. The molecule has 35 heavy (non-hydrogen) atoms. The van der Waals surface area contributed by atoms with E-state index in [1.54, 1.807) is 19.1 Å². The molecule has 0 amide bonds. The molecule has 0 aliphatic rings. The van der Waals surface area contributed by atoms with Gasteiger partial charge in [0.25, 0.3) is 10.0 Å². The molecule has 0 bridgehead atoms. The number of nitrogen functional groups attached to an aromatic ring is 1. The molecule has 0 unspecified atom stereocenters. The third-order valence-electron chi connectivity index (χ3n) is 5.18. The SMILES string of the molecule is Cc1ccc(NS(=O)(=O)c2ccc(C)c(N=Nc3sc(N)nc3-c3cc(F)ccc3F)c2)c(C)c1. The van der Waals surface area contributed by atoms with Gasteiger partial charge in [-0.2, -0.15) is 0 Å². The molecule has 4 rings (SSSR count). The van der Waals surface area contributed by atoms with E-state index in [4.69, 9.17) is 5.73 Å². The van der Waals surface area contributed by atoms with Crippen molar-refractivity contribution in [3.8, 4) is 11.3 Å². The van der Waals surface area contributed by atoms with Crippen molar-refractivity contribution in [3.05, 3.63) is 82.9 Å². The molecule has 1 heterocycles. The predicted octanol–water partition coefficient (Wildman–Crippen LogP) is 6.81. The zero-order valence-electron chi connectivity index (χ0n) is 19.0. The van der Waals surface area contributed by atoms with Crippen LogP contribution in [0.4, 0.5) is 30.3 Å². The largest absolute Gasteiger partial charge is 0.375 e. The average Bonchev–Trinajstić information content (AvgIpc) is 3.16. The molecule has 11 heteroatoms. The zero-order chi connectivity index (χ0) is 25.3. The van der Waals surface area contributed by atoms with Crippen LogP contribution in [0.2, 0.25) is 0 Å². The van der Waals surface area contributed by atoms with Gasteiger partial charge in [0.15, 0.2) is 10.1 Å². The first-order valence-corrected chi connectivity index (χ1v) is 12.7. The lowest BCUT2D eigenvalue weighted by Crippen LogP contribution is -2.13. The van der Waals surface area contributed by atoms with Crippen LogP contribution in [0.1, 0.15) is 16.7 Å². The molecule has 4 aromatic rings. The minimum absolute atomic E-state index is 0.00255. The van der Waals surface area contributed by atoms with Crippen molar-refractivity contribution >= 4 is 42.9 Å². The first-order valence-electron chi connectivity index (χ1n) is 10.4. The number of halogens is 2.